The molecule has 0 radical (unpaired) electrons. The number of benzene rings is 1. The van der Waals surface area contributed by atoms with Crippen molar-refractivity contribution in [2.75, 3.05) is 0 Å². The van der Waals surface area contributed by atoms with E-state index in [9.17, 15) is 9.90 Å². The van der Waals surface area contributed by atoms with E-state index in [1.54, 1.807) is 43.4 Å². The number of hydrogen-bond acceptors (Lipinski definition) is 2. The van der Waals surface area contributed by atoms with Crippen LogP contribution in [0.5, 0.6) is 0 Å². The van der Waals surface area contributed by atoms with E-state index in [1.807, 2.05) is 31.2 Å². The summed E-state index contributed by atoms with van der Waals surface area (Å²) in [6, 6.07) is 9.05. The van der Waals surface area contributed by atoms with E-state index in [-0.39, 0.29) is 5.78 Å². The lowest BCUT2D eigenvalue weighted by Crippen LogP contribution is -2.16. The largest absolute Gasteiger partial charge is 0.382 e. The molecule has 2 heteroatoms. The average molecular weight is 268 g/mol. The minimum atomic E-state index is -1.13. The van der Waals surface area contributed by atoms with Crippen LogP contribution in [0, 0.1) is 0 Å². The van der Waals surface area contributed by atoms with Gasteiger partial charge in [-0.05, 0) is 19.9 Å². The molecule has 0 aliphatic rings. The molecule has 1 atom stereocenters. The van der Waals surface area contributed by atoms with E-state index in [0.29, 0.717) is 11.1 Å². The molecule has 0 spiro atoms. The number of Topliss-reactive ketones (excluding diaryl/α,β-unsaturated/α-hetero) is 1. The van der Waals surface area contributed by atoms with Gasteiger partial charge in [-0.2, -0.15) is 0 Å². The third-order valence-electron chi connectivity index (χ3n) is 2.78. The molecule has 0 aliphatic heterocycles. The molecule has 0 aromatic heterocycles. The lowest BCUT2D eigenvalue weighted by molar-refractivity contribution is 0.103. The maximum absolute atomic E-state index is 12.4. The molecule has 1 N–H and O–H groups in total. The van der Waals surface area contributed by atoms with Gasteiger partial charge in [-0.1, -0.05) is 67.3 Å². The Kier molecular flexibility index (Phi) is 5.88. The third kappa shape index (κ3) is 4.82. The molecule has 1 rings (SSSR count). The molecule has 0 saturated heterocycles. The Morgan fingerprint density at radius 2 is 1.95 bits per heavy atom. The van der Waals surface area contributed by atoms with Gasteiger partial charge in [0.15, 0.2) is 5.78 Å². The van der Waals surface area contributed by atoms with Crippen LogP contribution in [-0.4, -0.2) is 16.5 Å². The molecule has 0 fully saturated rings. The van der Waals surface area contributed by atoms with Gasteiger partial charge >= 0.3 is 0 Å². The van der Waals surface area contributed by atoms with Crippen molar-refractivity contribution in [3.05, 3.63) is 84.5 Å². The monoisotopic (exact) mass is 268 g/mol. The molecule has 104 valence electrons. The van der Waals surface area contributed by atoms with Gasteiger partial charge in [-0.15, -0.1) is 0 Å². The van der Waals surface area contributed by atoms with E-state index < -0.39 is 5.60 Å². The van der Waals surface area contributed by atoms with Crippen LogP contribution in [0.1, 0.15) is 24.2 Å². The number of ketones is 1. The summed E-state index contributed by atoms with van der Waals surface area (Å²) >= 11 is 0. The zero-order chi connectivity index (χ0) is 15.0. The summed E-state index contributed by atoms with van der Waals surface area (Å²) in [4.78, 5) is 12.4. The zero-order valence-corrected chi connectivity index (χ0v) is 11.9. The van der Waals surface area contributed by atoms with Crippen LogP contribution in [0.2, 0.25) is 0 Å². The van der Waals surface area contributed by atoms with Crippen molar-refractivity contribution < 1.29 is 9.90 Å². The highest BCUT2D eigenvalue weighted by Crippen LogP contribution is 2.13. The second kappa shape index (κ2) is 7.41. The highest BCUT2D eigenvalue weighted by atomic mass is 16.3. The summed E-state index contributed by atoms with van der Waals surface area (Å²) < 4.78 is 0. The summed E-state index contributed by atoms with van der Waals surface area (Å²) in [5.41, 5.74) is -0.00557. The normalized spacial score (nSPS) is 15.4. The minimum Gasteiger partial charge on any atom is -0.382 e. The fraction of sp³-hybridized carbons (Fsp3) is 0.167. The van der Waals surface area contributed by atoms with Crippen molar-refractivity contribution in [1.29, 1.82) is 0 Å². The van der Waals surface area contributed by atoms with Crippen LogP contribution >= 0.6 is 0 Å². The molecule has 0 aliphatic carbocycles. The van der Waals surface area contributed by atoms with Gasteiger partial charge in [0.05, 0.1) is 5.60 Å². The number of hydrogen-bond donors (Lipinski definition) is 1. The van der Waals surface area contributed by atoms with Crippen LogP contribution in [-0.2, 0) is 0 Å². The average Bonchev–Trinajstić information content (AvgIpc) is 2.47. The first-order valence-electron chi connectivity index (χ1n) is 6.48. The van der Waals surface area contributed by atoms with Crippen LogP contribution in [0.4, 0.5) is 0 Å². The van der Waals surface area contributed by atoms with Crippen molar-refractivity contribution >= 4 is 5.78 Å². The highest BCUT2D eigenvalue weighted by Gasteiger charge is 2.13. The molecular formula is C18H20O2. The van der Waals surface area contributed by atoms with Crippen LogP contribution < -0.4 is 0 Å². The van der Waals surface area contributed by atoms with Gasteiger partial charge in [-0.25, -0.2) is 0 Å². The molecule has 1 aromatic carbocycles. The van der Waals surface area contributed by atoms with Gasteiger partial charge in [0.1, 0.15) is 0 Å². The first kappa shape index (κ1) is 15.9. The Hall–Kier alpha value is -2.19. The summed E-state index contributed by atoms with van der Waals surface area (Å²) in [6.07, 6.45) is 9.96. The van der Waals surface area contributed by atoms with Crippen molar-refractivity contribution in [2.45, 2.75) is 19.4 Å². The van der Waals surface area contributed by atoms with Crippen LogP contribution in [0.25, 0.3) is 0 Å². The van der Waals surface area contributed by atoms with E-state index in [2.05, 4.69) is 6.58 Å². The standard InChI is InChI=1S/C18H20O2/c1-4-6-10-16(13-14-18(3,20)5-2)17(19)15-11-8-7-9-12-15/h4-14,20H,2H2,1,3H3/b6-4-,14-13-,16-10+. The predicted molar refractivity (Wildman–Crippen MR) is 83.6 cm³/mol. The molecule has 2 nitrogen and oxygen atoms in total. The fourth-order valence-corrected chi connectivity index (χ4v) is 1.49. The summed E-state index contributed by atoms with van der Waals surface area (Å²) in [7, 11) is 0. The number of allylic oxidation sites excluding steroid dienone is 5. The minimum absolute atomic E-state index is 0.0835. The summed E-state index contributed by atoms with van der Waals surface area (Å²) in [6.45, 7) is 7.04. The maximum atomic E-state index is 12.4. The molecule has 0 bridgehead atoms. The third-order valence-corrected chi connectivity index (χ3v) is 2.78. The van der Waals surface area contributed by atoms with Crippen molar-refractivity contribution in [2.24, 2.45) is 0 Å². The topological polar surface area (TPSA) is 37.3 Å². The number of aliphatic hydroxyl groups is 1. The first-order valence-corrected chi connectivity index (χ1v) is 6.48. The van der Waals surface area contributed by atoms with Gasteiger partial charge < -0.3 is 5.11 Å². The molecular weight excluding hydrogens is 248 g/mol. The molecule has 0 saturated carbocycles. The van der Waals surface area contributed by atoms with Gasteiger partial charge in [-0.3, -0.25) is 4.79 Å². The molecule has 1 aromatic rings. The molecule has 1 unspecified atom stereocenters. The summed E-state index contributed by atoms with van der Waals surface area (Å²) in [5.74, 6) is -0.0835. The predicted octanol–water partition coefficient (Wildman–Crippen LogP) is 3.87. The van der Waals surface area contributed by atoms with Crippen molar-refractivity contribution in [1.82, 2.24) is 0 Å². The zero-order valence-electron chi connectivity index (χ0n) is 11.9. The maximum Gasteiger partial charge on any atom is 0.193 e. The second-order valence-corrected chi connectivity index (χ2v) is 4.61. The Balaban J connectivity index is 3.09. The number of rotatable bonds is 6. The lowest BCUT2D eigenvalue weighted by atomic mass is 9.99. The van der Waals surface area contributed by atoms with E-state index in [0.717, 1.165) is 0 Å². The smallest absolute Gasteiger partial charge is 0.193 e. The molecule has 0 heterocycles. The fourth-order valence-electron chi connectivity index (χ4n) is 1.49. The number of carbonyl (C=O) groups excluding carboxylic acids is 1. The Morgan fingerprint density at radius 1 is 1.30 bits per heavy atom. The second-order valence-electron chi connectivity index (χ2n) is 4.61. The van der Waals surface area contributed by atoms with Gasteiger partial charge in [0.2, 0.25) is 0 Å². The van der Waals surface area contributed by atoms with Crippen molar-refractivity contribution in [3.63, 3.8) is 0 Å². The van der Waals surface area contributed by atoms with Crippen LogP contribution in [0.15, 0.2) is 78.9 Å². The number of carbonyl (C=O) groups is 1. The highest BCUT2D eigenvalue weighted by molar-refractivity contribution is 6.10. The van der Waals surface area contributed by atoms with Gasteiger partial charge in [0.25, 0.3) is 0 Å². The first-order chi connectivity index (χ1) is 9.50. The molecule has 20 heavy (non-hydrogen) atoms. The van der Waals surface area contributed by atoms with Crippen molar-refractivity contribution in [3.8, 4) is 0 Å². The quantitative estimate of drug-likeness (QED) is 0.368. The lowest BCUT2D eigenvalue weighted by Gasteiger charge is -2.12. The van der Waals surface area contributed by atoms with E-state index >= 15 is 0 Å². The van der Waals surface area contributed by atoms with E-state index in [1.165, 1.54) is 6.08 Å². The molecule has 0 amide bonds. The van der Waals surface area contributed by atoms with Gasteiger partial charge in [0, 0.05) is 11.1 Å². The Labute approximate surface area is 120 Å². The summed E-state index contributed by atoms with van der Waals surface area (Å²) in [5, 5.41) is 9.89. The van der Waals surface area contributed by atoms with E-state index in [4.69, 9.17) is 0 Å². The Bertz CT molecular complexity index is 546. The van der Waals surface area contributed by atoms with Crippen LogP contribution in [0.3, 0.4) is 0 Å². The Morgan fingerprint density at radius 3 is 2.50 bits per heavy atom. The SMILES string of the molecule is C=CC(C)(O)\C=C/C(=C\C=C/C)C(=O)c1ccccc1.